The van der Waals surface area contributed by atoms with E-state index in [9.17, 15) is 9.59 Å². The lowest BCUT2D eigenvalue weighted by Gasteiger charge is -2.21. The number of carbonyl (C=O) groups is 2. The van der Waals surface area contributed by atoms with Crippen molar-refractivity contribution in [3.05, 3.63) is 0 Å². The average Bonchev–Trinajstić information content (AvgIpc) is 2.21. The van der Waals surface area contributed by atoms with Crippen molar-refractivity contribution in [3.8, 4) is 0 Å². The van der Waals surface area contributed by atoms with E-state index >= 15 is 0 Å². The molecule has 74 valence electrons. The Morgan fingerprint density at radius 1 is 1.46 bits per heavy atom. The first-order chi connectivity index (χ1) is 5.82. The van der Waals surface area contributed by atoms with Gasteiger partial charge in [-0.3, -0.25) is 4.79 Å². The molecule has 1 N–H and O–H groups in total. The molecule has 0 aromatic heterocycles. The van der Waals surface area contributed by atoms with E-state index in [4.69, 9.17) is 0 Å². The number of hydrogen-bond acceptors (Lipinski definition) is 3. The van der Waals surface area contributed by atoms with Crippen LogP contribution >= 0.6 is 0 Å². The molecule has 13 heavy (non-hydrogen) atoms. The minimum absolute atomic E-state index is 0.0969. The number of carbonyl (C=O) groups excluding carboxylic acids is 2. The van der Waals surface area contributed by atoms with Gasteiger partial charge in [-0.2, -0.15) is 0 Å². The van der Waals surface area contributed by atoms with Gasteiger partial charge >= 0.3 is 5.97 Å². The summed E-state index contributed by atoms with van der Waals surface area (Å²) in [6.07, 6.45) is 0.478. The number of rotatable bonds is 1. The maximum absolute atomic E-state index is 11.4. The Morgan fingerprint density at radius 3 is 2.31 bits per heavy atom. The molecular formula is C9H15NO3. The Bertz CT molecular complexity index is 260. The van der Waals surface area contributed by atoms with Crippen LogP contribution in [0.5, 0.6) is 0 Å². The van der Waals surface area contributed by atoms with Crippen LogP contribution in [0.4, 0.5) is 0 Å². The van der Waals surface area contributed by atoms with Crippen LogP contribution in [-0.2, 0) is 14.3 Å². The molecule has 1 atom stereocenters. The van der Waals surface area contributed by atoms with Crippen molar-refractivity contribution in [2.24, 2.45) is 5.41 Å². The summed E-state index contributed by atoms with van der Waals surface area (Å²) in [5.74, 6) is -0.480. The Balaban J connectivity index is 2.88. The standard InChI is InChI=1S/C9H15NO3/c1-8(2)5-9(3,7(12)13-4)10-6(8)11/h5H2,1-4H3,(H,10,11). The number of methoxy groups -OCH3 is 1. The second-order valence-corrected chi connectivity index (χ2v) is 4.34. The molecular weight excluding hydrogens is 170 g/mol. The van der Waals surface area contributed by atoms with Gasteiger partial charge in [0.1, 0.15) is 5.54 Å². The molecule has 1 fully saturated rings. The molecule has 0 aromatic rings. The second-order valence-electron chi connectivity index (χ2n) is 4.34. The van der Waals surface area contributed by atoms with Crippen molar-refractivity contribution in [2.75, 3.05) is 7.11 Å². The lowest BCUT2D eigenvalue weighted by Crippen LogP contribution is -2.46. The molecule has 0 spiro atoms. The number of amides is 1. The van der Waals surface area contributed by atoms with Gasteiger partial charge in [0.05, 0.1) is 7.11 Å². The summed E-state index contributed by atoms with van der Waals surface area (Å²) < 4.78 is 4.63. The quantitative estimate of drug-likeness (QED) is 0.604. The van der Waals surface area contributed by atoms with Crippen molar-refractivity contribution in [3.63, 3.8) is 0 Å². The Labute approximate surface area is 77.6 Å². The molecule has 1 amide bonds. The SMILES string of the molecule is COC(=O)C1(C)CC(C)(C)C(=O)N1. The normalized spacial score (nSPS) is 31.2. The molecule has 1 unspecified atom stereocenters. The van der Waals surface area contributed by atoms with Crippen LogP contribution in [-0.4, -0.2) is 24.5 Å². The van der Waals surface area contributed by atoms with E-state index in [1.165, 1.54) is 7.11 Å². The number of nitrogens with one attached hydrogen (secondary N) is 1. The van der Waals surface area contributed by atoms with E-state index in [2.05, 4.69) is 10.1 Å². The molecule has 1 aliphatic heterocycles. The third-order valence-corrected chi connectivity index (χ3v) is 2.44. The highest BCUT2D eigenvalue weighted by molar-refractivity contribution is 5.94. The van der Waals surface area contributed by atoms with Gasteiger partial charge in [0.2, 0.25) is 5.91 Å². The molecule has 1 aliphatic rings. The summed E-state index contributed by atoms with van der Waals surface area (Å²) in [6.45, 7) is 5.32. The third-order valence-electron chi connectivity index (χ3n) is 2.44. The third kappa shape index (κ3) is 1.53. The number of hydrogen-bond donors (Lipinski definition) is 1. The van der Waals surface area contributed by atoms with Gasteiger partial charge in [-0.15, -0.1) is 0 Å². The maximum Gasteiger partial charge on any atom is 0.331 e. The van der Waals surface area contributed by atoms with Gasteiger partial charge in [0, 0.05) is 5.41 Å². The molecule has 0 bridgehead atoms. The highest BCUT2D eigenvalue weighted by atomic mass is 16.5. The van der Waals surface area contributed by atoms with E-state index in [0.29, 0.717) is 6.42 Å². The summed E-state index contributed by atoms with van der Waals surface area (Å²) in [6, 6.07) is 0. The zero-order valence-electron chi connectivity index (χ0n) is 8.43. The molecule has 4 nitrogen and oxygen atoms in total. The molecule has 1 heterocycles. The summed E-state index contributed by atoms with van der Waals surface area (Å²) in [5, 5.41) is 2.66. The first-order valence-electron chi connectivity index (χ1n) is 4.23. The molecule has 1 rings (SSSR count). The number of esters is 1. The zero-order valence-corrected chi connectivity index (χ0v) is 8.43. The molecule has 0 saturated carbocycles. The predicted octanol–water partition coefficient (Wildman–Crippen LogP) is 0.464. The van der Waals surface area contributed by atoms with Crippen molar-refractivity contribution in [1.29, 1.82) is 0 Å². The highest BCUT2D eigenvalue weighted by Crippen LogP contribution is 2.35. The molecule has 1 saturated heterocycles. The molecule has 0 radical (unpaired) electrons. The summed E-state index contributed by atoms with van der Waals surface area (Å²) in [5.41, 5.74) is -1.34. The van der Waals surface area contributed by atoms with Crippen molar-refractivity contribution in [1.82, 2.24) is 5.32 Å². The smallest absolute Gasteiger partial charge is 0.331 e. The fourth-order valence-electron chi connectivity index (χ4n) is 1.78. The van der Waals surface area contributed by atoms with E-state index in [1.807, 2.05) is 13.8 Å². The fourth-order valence-corrected chi connectivity index (χ4v) is 1.78. The monoisotopic (exact) mass is 185 g/mol. The second kappa shape index (κ2) is 2.72. The zero-order chi connectivity index (χ0) is 10.3. The topological polar surface area (TPSA) is 55.4 Å². The maximum atomic E-state index is 11.4. The van der Waals surface area contributed by atoms with Gasteiger partial charge in [-0.1, -0.05) is 13.8 Å². The molecule has 0 aliphatic carbocycles. The minimum Gasteiger partial charge on any atom is -0.467 e. The highest BCUT2D eigenvalue weighted by Gasteiger charge is 2.51. The van der Waals surface area contributed by atoms with E-state index in [-0.39, 0.29) is 11.9 Å². The Hall–Kier alpha value is -1.06. The van der Waals surface area contributed by atoms with Gasteiger partial charge in [-0.25, -0.2) is 4.79 Å². The van der Waals surface area contributed by atoms with Crippen LogP contribution in [0.1, 0.15) is 27.2 Å². The first kappa shape index (κ1) is 10.0. The van der Waals surface area contributed by atoms with Crippen LogP contribution in [0, 0.1) is 5.41 Å². The minimum atomic E-state index is -0.852. The van der Waals surface area contributed by atoms with Gasteiger partial charge in [0.25, 0.3) is 0 Å². The average molecular weight is 185 g/mol. The van der Waals surface area contributed by atoms with Gasteiger partial charge in [0.15, 0.2) is 0 Å². The van der Waals surface area contributed by atoms with Crippen LogP contribution in [0.2, 0.25) is 0 Å². The van der Waals surface area contributed by atoms with Crippen molar-refractivity contribution < 1.29 is 14.3 Å². The van der Waals surface area contributed by atoms with E-state index < -0.39 is 11.0 Å². The van der Waals surface area contributed by atoms with Crippen molar-refractivity contribution >= 4 is 11.9 Å². The lowest BCUT2D eigenvalue weighted by atomic mass is 9.84. The first-order valence-corrected chi connectivity index (χ1v) is 4.23. The molecule has 4 heteroatoms. The largest absolute Gasteiger partial charge is 0.467 e. The molecule has 0 aromatic carbocycles. The Morgan fingerprint density at radius 2 is 2.00 bits per heavy atom. The van der Waals surface area contributed by atoms with Gasteiger partial charge in [-0.05, 0) is 13.3 Å². The summed E-state index contributed by atoms with van der Waals surface area (Å²) in [7, 11) is 1.32. The number of ether oxygens (including phenoxy) is 1. The van der Waals surface area contributed by atoms with Gasteiger partial charge < -0.3 is 10.1 Å². The van der Waals surface area contributed by atoms with Crippen LogP contribution in [0.25, 0.3) is 0 Å². The van der Waals surface area contributed by atoms with Crippen LogP contribution in [0.3, 0.4) is 0 Å². The summed E-state index contributed by atoms with van der Waals surface area (Å²) >= 11 is 0. The van der Waals surface area contributed by atoms with E-state index in [1.54, 1.807) is 6.92 Å². The van der Waals surface area contributed by atoms with Crippen molar-refractivity contribution in [2.45, 2.75) is 32.7 Å². The fraction of sp³-hybridized carbons (Fsp3) is 0.778. The Kier molecular flexibility index (Phi) is 2.10. The predicted molar refractivity (Wildman–Crippen MR) is 47.0 cm³/mol. The summed E-state index contributed by atoms with van der Waals surface area (Å²) in [4.78, 5) is 22.7. The van der Waals surface area contributed by atoms with E-state index in [0.717, 1.165) is 0 Å². The lowest BCUT2D eigenvalue weighted by molar-refractivity contribution is -0.148. The van der Waals surface area contributed by atoms with Crippen LogP contribution in [0.15, 0.2) is 0 Å². The van der Waals surface area contributed by atoms with Crippen LogP contribution < -0.4 is 5.32 Å².